The Morgan fingerprint density at radius 3 is 2.39 bits per heavy atom. The van der Waals surface area contributed by atoms with Gasteiger partial charge in [-0.1, -0.05) is 30.3 Å². The highest BCUT2D eigenvalue weighted by atomic mass is 16.5. The lowest BCUT2D eigenvalue weighted by Gasteiger charge is -2.35. The topological polar surface area (TPSA) is 124 Å². The fraction of sp³-hybridized carbons (Fsp3) is 0.241. The monoisotopic (exact) mass is 514 g/mol. The maximum Gasteiger partial charge on any atom is 0.329 e. The molecule has 2 aromatic carbocycles. The van der Waals surface area contributed by atoms with Crippen molar-refractivity contribution in [1.29, 1.82) is 0 Å². The average molecular weight is 515 g/mol. The number of carbonyl (C=O) groups excluding carboxylic acids is 3. The Kier molecular flexibility index (Phi) is 6.93. The van der Waals surface area contributed by atoms with Crippen LogP contribution in [0.15, 0.2) is 71.8 Å². The van der Waals surface area contributed by atoms with Gasteiger partial charge in [0.2, 0.25) is 5.91 Å². The van der Waals surface area contributed by atoms with Gasteiger partial charge in [-0.2, -0.15) is 0 Å². The maximum atomic E-state index is 13.7. The van der Waals surface area contributed by atoms with Gasteiger partial charge in [-0.15, -0.1) is 0 Å². The molecule has 0 atom stereocenters. The number of fused-ring (bicyclic) bond motifs is 2. The van der Waals surface area contributed by atoms with E-state index in [0.717, 1.165) is 33.4 Å². The SMILES string of the molecule is O=C1C=CC2=C(c3ccccc3C(=O)N3CCN(C(=O)COCC(=O)O)CC3)c3ccc(O)cc3CC2=C1. The second-order valence-electron chi connectivity index (χ2n) is 9.32. The number of benzene rings is 2. The first kappa shape index (κ1) is 25.2. The normalized spacial score (nSPS) is 16.6. The van der Waals surface area contributed by atoms with Gasteiger partial charge in [0.1, 0.15) is 19.0 Å². The number of piperazine rings is 1. The van der Waals surface area contributed by atoms with Gasteiger partial charge in [-0.3, -0.25) is 14.4 Å². The molecule has 0 saturated carbocycles. The summed E-state index contributed by atoms with van der Waals surface area (Å²) in [5, 5.41) is 18.8. The number of nitrogens with zero attached hydrogens (tertiary/aromatic N) is 2. The van der Waals surface area contributed by atoms with Crippen molar-refractivity contribution in [1.82, 2.24) is 9.80 Å². The van der Waals surface area contributed by atoms with Gasteiger partial charge >= 0.3 is 5.97 Å². The minimum absolute atomic E-state index is 0.100. The number of ether oxygens (including phenoxy) is 1. The predicted octanol–water partition coefficient (Wildman–Crippen LogP) is 2.20. The zero-order valence-corrected chi connectivity index (χ0v) is 20.6. The number of aromatic hydroxyl groups is 1. The van der Waals surface area contributed by atoms with Gasteiger partial charge in [0.15, 0.2) is 5.78 Å². The van der Waals surface area contributed by atoms with Crippen LogP contribution in [-0.2, 0) is 25.5 Å². The molecule has 2 amide bonds. The molecule has 2 N–H and O–H groups in total. The molecular formula is C29H26N2O7. The molecule has 2 aromatic rings. The molecule has 0 bridgehead atoms. The number of rotatable bonds is 6. The summed E-state index contributed by atoms with van der Waals surface area (Å²) in [7, 11) is 0. The van der Waals surface area contributed by atoms with Crippen LogP contribution in [0.1, 0.15) is 27.0 Å². The molecule has 0 unspecified atom stereocenters. The van der Waals surface area contributed by atoms with E-state index in [1.165, 1.54) is 6.08 Å². The van der Waals surface area contributed by atoms with Gasteiger partial charge in [-0.25, -0.2) is 4.79 Å². The van der Waals surface area contributed by atoms with Crippen LogP contribution in [-0.4, -0.2) is 83.0 Å². The largest absolute Gasteiger partial charge is 0.508 e. The van der Waals surface area contributed by atoms with E-state index in [-0.39, 0.29) is 30.0 Å². The Balaban J connectivity index is 1.42. The molecule has 1 fully saturated rings. The average Bonchev–Trinajstić information content (AvgIpc) is 2.91. The number of ketones is 1. The molecule has 0 spiro atoms. The molecule has 1 aliphatic heterocycles. The second kappa shape index (κ2) is 10.5. The number of aliphatic carboxylic acids is 1. The summed E-state index contributed by atoms with van der Waals surface area (Å²) < 4.78 is 4.90. The third-order valence-corrected chi connectivity index (χ3v) is 6.88. The highest BCUT2D eigenvalue weighted by molar-refractivity contribution is 6.07. The van der Waals surface area contributed by atoms with Crippen molar-refractivity contribution in [3.8, 4) is 5.75 Å². The van der Waals surface area contributed by atoms with Crippen LogP contribution in [0.3, 0.4) is 0 Å². The molecular weight excluding hydrogens is 488 g/mol. The summed E-state index contributed by atoms with van der Waals surface area (Å²) in [6.45, 7) is 0.429. The number of amides is 2. The summed E-state index contributed by atoms with van der Waals surface area (Å²) in [4.78, 5) is 52.1. The number of carboxylic acids is 1. The van der Waals surface area contributed by atoms with E-state index in [2.05, 4.69) is 0 Å². The lowest BCUT2D eigenvalue weighted by atomic mass is 9.76. The van der Waals surface area contributed by atoms with Crippen molar-refractivity contribution in [2.24, 2.45) is 0 Å². The number of phenolic OH excluding ortho intramolecular Hbond substituents is 1. The molecule has 3 aliphatic rings. The Morgan fingerprint density at radius 2 is 1.63 bits per heavy atom. The molecule has 1 saturated heterocycles. The van der Waals surface area contributed by atoms with E-state index in [1.54, 1.807) is 46.2 Å². The van der Waals surface area contributed by atoms with Crippen LogP contribution in [0, 0.1) is 0 Å². The van der Waals surface area contributed by atoms with Crippen LogP contribution >= 0.6 is 0 Å². The quantitative estimate of drug-likeness (QED) is 0.606. The van der Waals surface area contributed by atoms with Crippen molar-refractivity contribution in [3.05, 3.63) is 94.1 Å². The lowest BCUT2D eigenvalue weighted by Crippen LogP contribution is -2.51. The molecule has 38 heavy (non-hydrogen) atoms. The Morgan fingerprint density at radius 1 is 0.895 bits per heavy atom. The summed E-state index contributed by atoms with van der Waals surface area (Å²) in [6, 6.07) is 12.5. The zero-order chi connectivity index (χ0) is 26.8. The minimum atomic E-state index is -1.14. The van der Waals surface area contributed by atoms with E-state index < -0.39 is 12.6 Å². The van der Waals surface area contributed by atoms with Crippen LogP contribution in [0.25, 0.3) is 5.57 Å². The minimum Gasteiger partial charge on any atom is -0.508 e. The highest BCUT2D eigenvalue weighted by Crippen LogP contribution is 2.42. The molecule has 0 aromatic heterocycles. The van der Waals surface area contributed by atoms with Crippen LogP contribution in [0.5, 0.6) is 5.75 Å². The Labute approximate surface area is 218 Å². The zero-order valence-electron chi connectivity index (χ0n) is 20.6. The molecule has 0 radical (unpaired) electrons. The first-order valence-corrected chi connectivity index (χ1v) is 12.3. The first-order valence-electron chi connectivity index (χ1n) is 12.3. The van der Waals surface area contributed by atoms with E-state index >= 15 is 0 Å². The van der Waals surface area contributed by atoms with Crippen LogP contribution in [0.4, 0.5) is 0 Å². The van der Waals surface area contributed by atoms with Crippen molar-refractivity contribution in [2.45, 2.75) is 6.42 Å². The van der Waals surface area contributed by atoms with Crippen LogP contribution < -0.4 is 0 Å². The van der Waals surface area contributed by atoms with Crippen molar-refractivity contribution >= 4 is 29.1 Å². The van der Waals surface area contributed by atoms with E-state index in [0.29, 0.717) is 38.2 Å². The number of carboxylic acid groups (broad SMARTS) is 1. The Hall–Kier alpha value is -4.50. The molecule has 2 aliphatic carbocycles. The van der Waals surface area contributed by atoms with Gasteiger partial charge in [0, 0.05) is 31.7 Å². The molecule has 5 rings (SSSR count). The maximum absolute atomic E-state index is 13.7. The first-order chi connectivity index (χ1) is 18.3. The standard InChI is InChI=1S/C29H26N2O7/c32-20-5-7-22-18(14-20)13-19-15-21(33)6-8-23(19)28(22)24-3-1-2-4-25(24)29(37)31-11-9-30(10-12-31)26(34)16-38-17-27(35)36/h1-8,14-15,32H,9-13,16-17H2,(H,35,36). The number of carbonyl (C=O) groups is 4. The summed E-state index contributed by atoms with van der Waals surface area (Å²) in [5.41, 5.74) is 5.54. The molecule has 194 valence electrons. The number of phenols is 1. The molecule has 9 nitrogen and oxygen atoms in total. The van der Waals surface area contributed by atoms with Crippen molar-refractivity contribution in [3.63, 3.8) is 0 Å². The highest BCUT2D eigenvalue weighted by Gasteiger charge is 2.30. The third kappa shape index (κ3) is 5.01. The van der Waals surface area contributed by atoms with E-state index in [1.807, 2.05) is 18.2 Å². The lowest BCUT2D eigenvalue weighted by molar-refractivity contribution is -0.146. The van der Waals surface area contributed by atoms with Crippen molar-refractivity contribution in [2.75, 3.05) is 39.4 Å². The molecule has 1 heterocycles. The van der Waals surface area contributed by atoms with Gasteiger partial charge in [0.25, 0.3) is 5.91 Å². The van der Waals surface area contributed by atoms with Crippen molar-refractivity contribution < 1.29 is 34.1 Å². The number of allylic oxidation sites excluding steroid dienone is 5. The fourth-order valence-corrected chi connectivity index (χ4v) is 5.10. The molecule has 9 heteroatoms. The summed E-state index contributed by atoms with van der Waals surface area (Å²) in [6.07, 6.45) is 5.41. The number of hydrogen-bond donors (Lipinski definition) is 2. The van der Waals surface area contributed by atoms with Gasteiger partial charge in [-0.05, 0) is 70.2 Å². The number of hydrogen-bond acceptors (Lipinski definition) is 6. The van der Waals surface area contributed by atoms with E-state index in [9.17, 15) is 24.3 Å². The van der Waals surface area contributed by atoms with E-state index in [4.69, 9.17) is 9.84 Å². The van der Waals surface area contributed by atoms with Gasteiger partial charge in [0.05, 0.1) is 0 Å². The second-order valence-corrected chi connectivity index (χ2v) is 9.32. The third-order valence-electron chi connectivity index (χ3n) is 6.88. The smallest absolute Gasteiger partial charge is 0.329 e. The summed E-state index contributed by atoms with van der Waals surface area (Å²) >= 11 is 0. The fourth-order valence-electron chi connectivity index (χ4n) is 5.10. The Bertz CT molecular complexity index is 1430. The summed E-state index contributed by atoms with van der Waals surface area (Å²) in [5.74, 6) is -1.59. The van der Waals surface area contributed by atoms with Crippen LogP contribution in [0.2, 0.25) is 0 Å². The predicted molar refractivity (Wildman–Crippen MR) is 137 cm³/mol. The van der Waals surface area contributed by atoms with Gasteiger partial charge < -0.3 is 24.7 Å².